The van der Waals surface area contributed by atoms with Gasteiger partial charge in [-0.15, -0.1) is 0 Å². The Morgan fingerprint density at radius 3 is 2.48 bits per heavy atom. The highest BCUT2D eigenvalue weighted by Gasteiger charge is 2.22. The molecular formula is C19H17ClN4O. The Bertz CT molecular complexity index is 1050. The lowest BCUT2D eigenvalue weighted by atomic mass is 10.1. The molecule has 5 nitrogen and oxygen atoms in total. The molecule has 4 aromatic rings. The van der Waals surface area contributed by atoms with Crippen LogP contribution in [0.2, 0.25) is 5.02 Å². The monoisotopic (exact) mass is 352 g/mol. The van der Waals surface area contributed by atoms with Gasteiger partial charge in [-0.3, -0.25) is 0 Å². The minimum absolute atomic E-state index is 0.0154. The zero-order chi connectivity index (χ0) is 17.6. The van der Waals surface area contributed by atoms with Gasteiger partial charge in [-0.25, -0.2) is 0 Å². The molecule has 2 heterocycles. The van der Waals surface area contributed by atoms with Gasteiger partial charge < -0.3 is 14.8 Å². The van der Waals surface area contributed by atoms with Crippen molar-refractivity contribution in [2.45, 2.75) is 19.9 Å². The third-order valence-electron chi connectivity index (χ3n) is 4.23. The molecule has 0 amide bonds. The Kier molecular flexibility index (Phi) is 3.82. The molecule has 0 spiro atoms. The normalized spacial score (nSPS) is 12.6. The molecule has 0 saturated heterocycles. The van der Waals surface area contributed by atoms with Gasteiger partial charge in [0.2, 0.25) is 11.7 Å². The SMILES string of the molecule is Cc1nc(-c2c(Cl)c3ccccc3n2-c2ccc([C@@H](C)N)cc2)no1. The van der Waals surface area contributed by atoms with E-state index in [9.17, 15) is 0 Å². The molecule has 2 N–H and O–H groups in total. The van der Waals surface area contributed by atoms with Crippen molar-refractivity contribution in [3.63, 3.8) is 0 Å². The van der Waals surface area contributed by atoms with Gasteiger partial charge in [0.25, 0.3) is 0 Å². The van der Waals surface area contributed by atoms with Crippen LogP contribution in [0.1, 0.15) is 24.4 Å². The van der Waals surface area contributed by atoms with Gasteiger partial charge in [0.15, 0.2) is 0 Å². The fourth-order valence-corrected chi connectivity index (χ4v) is 3.32. The first-order valence-corrected chi connectivity index (χ1v) is 8.39. The van der Waals surface area contributed by atoms with Crippen molar-refractivity contribution in [3.8, 4) is 17.2 Å². The summed E-state index contributed by atoms with van der Waals surface area (Å²) in [7, 11) is 0. The van der Waals surface area contributed by atoms with Crippen molar-refractivity contribution in [1.29, 1.82) is 0 Å². The highest BCUT2D eigenvalue weighted by atomic mass is 35.5. The van der Waals surface area contributed by atoms with Crippen LogP contribution in [0.5, 0.6) is 0 Å². The number of hydrogen-bond donors (Lipinski definition) is 1. The van der Waals surface area contributed by atoms with Crippen LogP contribution >= 0.6 is 11.6 Å². The number of aromatic nitrogens is 3. The van der Waals surface area contributed by atoms with E-state index in [0.29, 0.717) is 22.4 Å². The van der Waals surface area contributed by atoms with Crippen LogP contribution in [0.25, 0.3) is 28.1 Å². The van der Waals surface area contributed by atoms with E-state index in [-0.39, 0.29) is 6.04 Å². The molecule has 0 aliphatic rings. The Morgan fingerprint density at radius 1 is 1.12 bits per heavy atom. The molecule has 126 valence electrons. The molecular weight excluding hydrogens is 336 g/mol. The minimum Gasteiger partial charge on any atom is -0.339 e. The van der Waals surface area contributed by atoms with E-state index in [1.54, 1.807) is 6.92 Å². The van der Waals surface area contributed by atoms with E-state index < -0.39 is 0 Å². The molecule has 0 bridgehead atoms. The van der Waals surface area contributed by atoms with Crippen LogP contribution in [0, 0.1) is 6.92 Å². The van der Waals surface area contributed by atoms with Crippen LogP contribution in [0.15, 0.2) is 53.1 Å². The third-order valence-corrected chi connectivity index (χ3v) is 4.61. The first kappa shape index (κ1) is 15.9. The second kappa shape index (κ2) is 6.02. The van der Waals surface area contributed by atoms with E-state index in [0.717, 1.165) is 22.2 Å². The number of aryl methyl sites for hydroxylation is 1. The first-order valence-electron chi connectivity index (χ1n) is 8.02. The van der Waals surface area contributed by atoms with E-state index in [1.807, 2.05) is 60.0 Å². The molecule has 0 saturated carbocycles. The summed E-state index contributed by atoms with van der Waals surface area (Å²) in [5, 5.41) is 5.61. The van der Waals surface area contributed by atoms with Gasteiger partial charge in [0.05, 0.1) is 10.5 Å². The van der Waals surface area contributed by atoms with Crippen molar-refractivity contribution >= 4 is 22.5 Å². The van der Waals surface area contributed by atoms with Crippen LogP contribution in [0.4, 0.5) is 0 Å². The quantitative estimate of drug-likeness (QED) is 0.582. The van der Waals surface area contributed by atoms with Gasteiger partial charge in [0.1, 0.15) is 5.69 Å². The summed E-state index contributed by atoms with van der Waals surface area (Å²) >= 11 is 6.68. The lowest BCUT2D eigenvalue weighted by Crippen LogP contribution is -2.05. The molecule has 0 unspecified atom stereocenters. The number of para-hydroxylation sites is 1. The molecule has 2 aromatic carbocycles. The number of benzene rings is 2. The Hall–Kier alpha value is -2.63. The van der Waals surface area contributed by atoms with Crippen molar-refractivity contribution in [2.24, 2.45) is 5.73 Å². The van der Waals surface area contributed by atoms with Crippen LogP contribution in [-0.4, -0.2) is 14.7 Å². The molecule has 6 heteroatoms. The topological polar surface area (TPSA) is 69.9 Å². The molecule has 4 rings (SSSR count). The number of nitrogens with zero attached hydrogens (tertiary/aromatic N) is 3. The summed E-state index contributed by atoms with van der Waals surface area (Å²) in [6.45, 7) is 3.72. The van der Waals surface area contributed by atoms with Crippen LogP contribution in [-0.2, 0) is 0 Å². The standard InChI is InChI=1S/C19H17ClN4O/c1-11(21)13-7-9-14(10-8-13)24-16-6-4-3-5-15(16)17(20)18(24)19-22-12(2)25-23-19/h3-11H,21H2,1-2H3/t11-/m1/s1. The molecule has 0 aliphatic heterocycles. The van der Waals surface area contributed by atoms with Gasteiger partial charge in [-0.05, 0) is 30.7 Å². The largest absolute Gasteiger partial charge is 0.339 e. The summed E-state index contributed by atoms with van der Waals surface area (Å²) in [6.07, 6.45) is 0. The van der Waals surface area contributed by atoms with E-state index in [2.05, 4.69) is 10.1 Å². The first-order chi connectivity index (χ1) is 12.1. The molecule has 0 aliphatic carbocycles. The molecule has 1 atom stereocenters. The predicted octanol–water partition coefficient (Wildman–Crippen LogP) is 4.66. The fraction of sp³-hybridized carbons (Fsp3) is 0.158. The van der Waals surface area contributed by atoms with E-state index >= 15 is 0 Å². The summed E-state index contributed by atoms with van der Waals surface area (Å²) in [6, 6.07) is 16.0. The van der Waals surface area contributed by atoms with Crippen molar-refractivity contribution in [2.75, 3.05) is 0 Å². The van der Waals surface area contributed by atoms with E-state index in [4.69, 9.17) is 21.9 Å². The van der Waals surface area contributed by atoms with Crippen LogP contribution in [0.3, 0.4) is 0 Å². The number of halogens is 1. The van der Waals surface area contributed by atoms with Gasteiger partial charge in [0, 0.05) is 24.0 Å². The maximum absolute atomic E-state index is 6.68. The Morgan fingerprint density at radius 2 is 1.84 bits per heavy atom. The fourth-order valence-electron chi connectivity index (χ4n) is 2.99. The lowest BCUT2D eigenvalue weighted by Gasteiger charge is -2.11. The number of hydrogen-bond acceptors (Lipinski definition) is 4. The van der Waals surface area contributed by atoms with Gasteiger partial charge in [-0.2, -0.15) is 4.98 Å². The highest BCUT2D eigenvalue weighted by Crippen LogP contribution is 2.38. The number of nitrogens with two attached hydrogens (primary N) is 1. The minimum atomic E-state index is -0.0154. The van der Waals surface area contributed by atoms with Crippen molar-refractivity contribution in [3.05, 3.63) is 65.0 Å². The van der Waals surface area contributed by atoms with Crippen LogP contribution < -0.4 is 5.73 Å². The number of fused-ring (bicyclic) bond motifs is 1. The zero-order valence-corrected chi connectivity index (χ0v) is 14.7. The Labute approximate surface area is 150 Å². The zero-order valence-electron chi connectivity index (χ0n) is 13.9. The smallest absolute Gasteiger partial charge is 0.223 e. The molecule has 0 radical (unpaired) electrons. The van der Waals surface area contributed by atoms with Gasteiger partial charge >= 0.3 is 0 Å². The number of rotatable bonds is 3. The summed E-state index contributed by atoms with van der Waals surface area (Å²) in [4.78, 5) is 4.37. The Balaban J connectivity index is 2.01. The molecule has 0 fully saturated rings. The summed E-state index contributed by atoms with van der Waals surface area (Å²) in [5.74, 6) is 0.963. The maximum atomic E-state index is 6.68. The average Bonchev–Trinajstić information content (AvgIpc) is 3.16. The second-order valence-corrected chi connectivity index (χ2v) is 6.41. The average molecular weight is 353 g/mol. The lowest BCUT2D eigenvalue weighted by molar-refractivity contribution is 0.394. The third kappa shape index (κ3) is 2.62. The summed E-state index contributed by atoms with van der Waals surface area (Å²) < 4.78 is 7.21. The van der Waals surface area contributed by atoms with E-state index in [1.165, 1.54) is 0 Å². The highest BCUT2D eigenvalue weighted by molar-refractivity contribution is 6.38. The van der Waals surface area contributed by atoms with Gasteiger partial charge in [-0.1, -0.05) is 47.1 Å². The van der Waals surface area contributed by atoms with Crippen molar-refractivity contribution in [1.82, 2.24) is 14.7 Å². The van der Waals surface area contributed by atoms with Crippen molar-refractivity contribution < 1.29 is 4.52 Å². The molecule has 25 heavy (non-hydrogen) atoms. The maximum Gasteiger partial charge on any atom is 0.223 e. The summed E-state index contributed by atoms with van der Waals surface area (Å²) in [5.41, 5.74) is 9.70. The predicted molar refractivity (Wildman–Crippen MR) is 98.9 cm³/mol. The second-order valence-electron chi connectivity index (χ2n) is 6.03. The molecule has 2 aromatic heterocycles.